The van der Waals surface area contributed by atoms with E-state index in [9.17, 15) is 0 Å². The molecule has 0 saturated carbocycles. The first kappa shape index (κ1) is 11.2. The van der Waals surface area contributed by atoms with E-state index in [2.05, 4.69) is 20.3 Å². The lowest BCUT2D eigenvalue weighted by Crippen LogP contribution is -2.02. The molecule has 7 heteroatoms. The summed E-state index contributed by atoms with van der Waals surface area (Å²) >= 11 is 1.48. The third kappa shape index (κ3) is 2.09. The zero-order valence-electron chi connectivity index (χ0n) is 9.65. The quantitative estimate of drug-likeness (QED) is 0.751. The Morgan fingerprint density at radius 2 is 2.17 bits per heavy atom. The first-order valence-corrected chi connectivity index (χ1v) is 6.48. The van der Waals surface area contributed by atoms with E-state index in [1.807, 2.05) is 18.2 Å². The van der Waals surface area contributed by atoms with E-state index >= 15 is 0 Å². The molecule has 0 saturated heterocycles. The van der Waals surface area contributed by atoms with Gasteiger partial charge in [-0.1, -0.05) is 17.4 Å². The minimum atomic E-state index is 0.438. The summed E-state index contributed by atoms with van der Waals surface area (Å²) in [6, 6.07) is 5.90. The maximum atomic E-state index is 5.56. The monoisotopic (exact) mass is 260 g/mol. The van der Waals surface area contributed by atoms with E-state index in [0.29, 0.717) is 6.54 Å². The van der Waals surface area contributed by atoms with Crippen LogP contribution < -0.4 is 5.73 Å². The van der Waals surface area contributed by atoms with Crippen LogP contribution in [0.15, 0.2) is 24.4 Å². The highest BCUT2D eigenvalue weighted by molar-refractivity contribution is 7.16. The summed E-state index contributed by atoms with van der Waals surface area (Å²) < 4.78 is 1.77. The van der Waals surface area contributed by atoms with Gasteiger partial charge in [-0.3, -0.25) is 4.98 Å². The third-order valence-corrected chi connectivity index (χ3v) is 3.52. The predicted octanol–water partition coefficient (Wildman–Crippen LogP) is 0.825. The fourth-order valence-electron chi connectivity index (χ4n) is 1.72. The molecule has 3 rings (SSSR count). The predicted molar refractivity (Wildman–Crippen MR) is 68.2 cm³/mol. The van der Waals surface area contributed by atoms with Crippen molar-refractivity contribution >= 4 is 16.3 Å². The molecule has 0 aliphatic rings. The van der Waals surface area contributed by atoms with Crippen molar-refractivity contribution in [3.8, 4) is 0 Å². The number of hydrogen-bond acceptors (Lipinski definition) is 6. The van der Waals surface area contributed by atoms with Crippen LogP contribution in [0.25, 0.3) is 4.96 Å². The fraction of sp³-hybridized carbons (Fsp3) is 0.273. The van der Waals surface area contributed by atoms with Gasteiger partial charge in [0.05, 0.1) is 0 Å². The first-order chi connectivity index (χ1) is 8.86. The van der Waals surface area contributed by atoms with Crippen LogP contribution in [0.5, 0.6) is 0 Å². The number of hydrogen-bond donors (Lipinski definition) is 1. The Morgan fingerprint density at radius 1 is 1.22 bits per heavy atom. The Kier molecular flexibility index (Phi) is 2.99. The highest BCUT2D eigenvalue weighted by Gasteiger charge is 2.10. The molecule has 0 aliphatic heterocycles. The first-order valence-electron chi connectivity index (χ1n) is 5.67. The number of nitrogens with two attached hydrogens (primary N) is 1. The smallest absolute Gasteiger partial charge is 0.234 e. The number of rotatable bonds is 4. The van der Waals surface area contributed by atoms with Gasteiger partial charge in [-0.15, -0.1) is 10.2 Å². The van der Waals surface area contributed by atoms with Crippen LogP contribution in [-0.2, 0) is 19.4 Å². The molecule has 0 radical (unpaired) electrons. The average Bonchev–Trinajstić information content (AvgIpc) is 2.97. The lowest BCUT2D eigenvalue weighted by molar-refractivity contribution is 0.766. The second kappa shape index (κ2) is 4.79. The molecule has 0 atom stereocenters. The van der Waals surface area contributed by atoms with Crippen molar-refractivity contribution in [3.05, 3.63) is 40.9 Å². The lowest BCUT2D eigenvalue weighted by Gasteiger charge is -1.97. The van der Waals surface area contributed by atoms with Gasteiger partial charge in [0.25, 0.3) is 0 Å². The van der Waals surface area contributed by atoms with E-state index in [0.717, 1.165) is 34.3 Å². The molecule has 0 aliphatic carbocycles. The van der Waals surface area contributed by atoms with E-state index < -0.39 is 0 Å². The number of nitrogens with zero attached hydrogens (tertiary/aromatic N) is 5. The summed E-state index contributed by atoms with van der Waals surface area (Å²) in [7, 11) is 0. The second-order valence-corrected chi connectivity index (χ2v) is 4.87. The van der Waals surface area contributed by atoms with E-state index in [4.69, 9.17) is 5.73 Å². The van der Waals surface area contributed by atoms with E-state index in [-0.39, 0.29) is 0 Å². The van der Waals surface area contributed by atoms with Gasteiger partial charge in [0.2, 0.25) is 4.96 Å². The molecule has 0 bridgehead atoms. The van der Waals surface area contributed by atoms with Crippen LogP contribution in [0.1, 0.15) is 16.5 Å². The van der Waals surface area contributed by atoms with Gasteiger partial charge < -0.3 is 5.73 Å². The molecular weight excluding hydrogens is 248 g/mol. The highest BCUT2D eigenvalue weighted by Crippen LogP contribution is 2.14. The number of fused-ring (bicyclic) bond motifs is 1. The maximum Gasteiger partial charge on any atom is 0.234 e. The minimum absolute atomic E-state index is 0.438. The van der Waals surface area contributed by atoms with Gasteiger partial charge in [-0.05, 0) is 18.6 Å². The van der Waals surface area contributed by atoms with Crippen molar-refractivity contribution in [1.29, 1.82) is 0 Å². The van der Waals surface area contributed by atoms with E-state index in [1.54, 1.807) is 10.7 Å². The molecular formula is C11H12N6S. The van der Waals surface area contributed by atoms with Gasteiger partial charge in [0.1, 0.15) is 5.01 Å². The summed E-state index contributed by atoms with van der Waals surface area (Å²) in [5.74, 6) is 0.853. The minimum Gasteiger partial charge on any atom is -0.324 e. The fourth-order valence-corrected chi connectivity index (χ4v) is 2.45. The normalized spacial score (nSPS) is 11.2. The third-order valence-electron chi connectivity index (χ3n) is 2.60. The zero-order valence-corrected chi connectivity index (χ0v) is 10.5. The van der Waals surface area contributed by atoms with Crippen molar-refractivity contribution in [2.75, 3.05) is 0 Å². The molecule has 6 nitrogen and oxygen atoms in total. The zero-order chi connectivity index (χ0) is 12.4. The Hall–Kier alpha value is -1.86. The molecule has 0 amide bonds. The lowest BCUT2D eigenvalue weighted by atomic mass is 10.2. The van der Waals surface area contributed by atoms with Crippen molar-refractivity contribution in [2.45, 2.75) is 19.4 Å². The Bertz CT molecular complexity index is 644. The topological polar surface area (TPSA) is 82.0 Å². The summed E-state index contributed by atoms with van der Waals surface area (Å²) in [5, 5.41) is 13.5. The molecule has 18 heavy (non-hydrogen) atoms. The van der Waals surface area contributed by atoms with Crippen LogP contribution >= 0.6 is 11.3 Å². The molecule has 0 fully saturated rings. The number of aryl methyl sites for hydroxylation is 2. The molecule has 3 aromatic rings. The van der Waals surface area contributed by atoms with Gasteiger partial charge in [0.15, 0.2) is 5.82 Å². The van der Waals surface area contributed by atoms with Crippen molar-refractivity contribution in [1.82, 2.24) is 24.8 Å². The molecule has 3 aromatic heterocycles. The number of pyridine rings is 1. The molecule has 0 unspecified atom stereocenters. The van der Waals surface area contributed by atoms with Gasteiger partial charge in [0, 0.05) is 24.9 Å². The Balaban J connectivity index is 1.80. The van der Waals surface area contributed by atoms with Crippen molar-refractivity contribution in [3.63, 3.8) is 0 Å². The summed E-state index contributed by atoms with van der Waals surface area (Å²) in [6.07, 6.45) is 3.40. The second-order valence-electron chi connectivity index (χ2n) is 3.83. The van der Waals surface area contributed by atoms with Crippen LogP contribution in [0.3, 0.4) is 0 Å². The summed E-state index contributed by atoms with van der Waals surface area (Å²) in [5.41, 5.74) is 6.61. The number of aromatic nitrogens is 5. The largest absolute Gasteiger partial charge is 0.324 e. The summed E-state index contributed by atoms with van der Waals surface area (Å²) in [4.78, 5) is 5.08. The molecule has 0 spiro atoms. The molecule has 0 aromatic carbocycles. The molecule has 3 heterocycles. The SMILES string of the molecule is NCc1nn2c(CCc3ccccn3)nnc2s1. The van der Waals surface area contributed by atoms with Crippen LogP contribution in [0, 0.1) is 0 Å². The molecule has 92 valence electrons. The van der Waals surface area contributed by atoms with Gasteiger partial charge in [-0.2, -0.15) is 9.61 Å². The highest BCUT2D eigenvalue weighted by atomic mass is 32.1. The Labute approximate surface area is 107 Å². The van der Waals surface area contributed by atoms with Crippen LogP contribution in [0.2, 0.25) is 0 Å². The van der Waals surface area contributed by atoms with Crippen molar-refractivity contribution in [2.24, 2.45) is 5.73 Å². The standard InChI is InChI=1S/C11H12N6S/c12-7-10-16-17-9(14-15-11(17)18-10)5-4-8-3-1-2-6-13-8/h1-3,6H,4-5,7,12H2. The van der Waals surface area contributed by atoms with Crippen LogP contribution in [-0.4, -0.2) is 24.8 Å². The summed E-state index contributed by atoms with van der Waals surface area (Å²) in [6.45, 7) is 0.438. The van der Waals surface area contributed by atoms with E-state index in [1.165, 1.54) is 11.3 Å². The van der Waals surface area contributed by atoms with Gasteiger partial charge >= 0.3 is 0 Å². The Morgan fingerprint density at radius 3 is 2.94 bits per heavy atom. The maximum absolute atomic E-state index is 5.56. The van der Waals surface area contributed by atoms with Crippen molar-refractivity contribution < 1.29 is 0 Å². The van der Waals surface area contributed by atoms with Crippen LogP contribution in [0.4, 0.5) is 0 Å². The van der Waals surface area contributed by atoms with Gasteiger partial charge in [-0.25, -0.2) is 0 Å². The average molecular weight is 260 g/mol. The molecule has 2 N–H and O–H groups in total.